The quantitative estimate of drug-likeness (QED) is 0.120. The summed E-state index contributed by atoms with van der Waals surface area (Å²) in [6.45, 7) is 24.8. The fourth-order valence-corrected chi connectivity index (χ4v) is 7.47. The van der Waals surface area contributed by atoms with Crippen molar-refractivity contribution < 1.29 is 101 Å². The summed E-state index contributed by atoms with van der Waals surface area (Å²) in [6.07, 6.45) is 8.03. The maximum absolute atomic E-state index is 4.74. The molecule has 310 valence electrons. The van der Waals surface area contributed by atoms with Gasteiger partial charge in [-0.3, -0.25) is 0 Å². The van der Waals surface area contributed by atoms with E-state index in [4.69, 9.17) is 9.97 Å². The van der Waals surface area contributed by atoms with Gasteiger partial charge in [0.15, 0.2) is 0 Å². The van der Waals surface area contributed by atoms with Crippen LogP contribution in [0.3, 0.4) is 0 Å². The van der Waals surface area contributed by atoms with Gasteiger partial charge in [-0.25, -0.2) is 9.15 Å². The second-order valence-electron chi connectivity index (χ2n) is 14.4. The van der Waals surface area contributed by atoms with Gasteiger partial charge in [0.2, 0.25) is 0 Å². The van der Waals surface area contributed by atoms with Gasteiger partial charge in [-0.05, 0) is 131 Å². The third-order valence-corrected chi connectivity index (χ3v) is 10.1. The van der Waals surface area contributed by atoms with Gasteiger partial charge in [-0.1, -0.05) is 83.5 Å². The zero-order valence-electron chi connectivity index (χ0n) is 33.9. The van der Waals surface area contributed by atoms with Gasteiger partial charge in [0.05, 0.1) is 12.4 Å². The van der Waals surface area contributed by atoms with Crippen LogP contribution in [0, 0.1) is 6.92 Å². The minimum absolute atomic E-state index is 0. The fraction of sp³-hybridized carbons (Fsp3) is 0.333. The van der Waals surface area contributed by atoms with Crippen LogP contribution in [0.4, 0.5) is 23.0 Å². The van der Waals surface area contributed by atoms with E-state index in [-0.39, 0.29) is 101 Å². The van der Waals surface area contributed by atoms with Crippen LogP contribution in [-0.2, 0) is 33.0 Å². The first-order valence-electron chi connectivity index (χ1n) is 18.0. The van der Waals surface area contributed by atoms with Crippen molar-refractivity contribution in [2.75, 3.05) is 0 Å². The third-order valence-electron chi connectivity index (χ3n) is 9.61. The summed E-state index contributed by atoms with van der Waals surface area (Å²) in [4.78, 5) is 9.47. The third kappa shape index (κ3) is 12.4. The summed E-state index contributed by atoms with van der Waals surface area (Å²) in [7, 11) is 0. The Kier molecular flexibility index (Phi) is 25.7. The van der Waals surface area contributed by atoms with Crippen molar-refractivity contribution >= 4 is 51.4 Å². The standard InChI is InChI=1S/C45H53BrN4.4BrH.2Ni/c1-12-49(42-18-14-16-20-47-42)44-36(28(3)4)22-33(23-37(44)29(5)6)40-26-35(46)27-41(32(40)11)34-24-38(30(7)8)45(39(25-34)31(9)10)50(13-2)43-19-15-17-21-48-43;;;;;;/h12-31H,1-11H3;4*1H;;/q+2;;;;;;/p-4. The fourth-order valence-electron chi connectivity index (χ4n) is 7.01. The first-order chi connectivity index (χ1) is 23.9. The minimum atomic E-state index is 0. The van der Waals surface area contributed by atoms with Crippen molar-refractivity contribution in [1.29, 1.82) is 0 Å². The molecule has 2 aromatic heterocycles. The van der Waals surface area contributed by atoms with Gasteiger partial charge in [0.1, 0.15) is 23.8 Å². The van der Waals surface area contributed by atoms with Crippen LogP contribution in [-0.4, -0.2) is 22.4 Å². The van der Waals surface area contributed by atoms with Gasteiger partial charge in [0, 0.05) is 71.8 Å². The van der Waals surface area contributed by atoms with Crippen LogP contribution in [0.2, 0.25) is 0 Å². The van der Waals surface area contributed by atoms with E-state index in [9.17, 15) is 0 Å². The number of benzene rings is 3. The molecule has 0 fully saturated rings. The molecule has 2 heterocycles. The van der Waals surface area contributed by atoms with Gasteiger partial charge < -0.3 is 67.9 Å². The number of pyridine rings is 2. The number of aromatic nitrogens is 2. The van der Waals surface area contributed by atoms with E-state index in [0.717, 1.165) is 16.1 Å². The SMILES string of the molecule is CC=[N+](c1ccccn1)c1c(C(C)C)cc(-c2cc(Br)cc(-c3cc(C(C)C)c([N+](=CC)c4ccccn4)c(C(C)C)c3)c2C)cc1C(C)C.[Br-].[Br-].[Br-].[Br-].[Ni].[Ni]. The summed E-state index contributed by atoms with van der Waals surface area (Å²) in [6, 6.07) is 26.5. The van der Waals surface area contributed by atoms with Gasteiger partial charge in [0.25, 0.3) is 0 Å². The Balaban J connectivity index is 0. The topological polar surface area (TPSA) is 31.8 Å². The number of hydrogen-bond donors (Lipinski definition) is 0. The summed E-state index contributed by atoms with van der Waals surface area (Å²) >= 11 is 3.95. The molecule has 0 N–H and O–H groups in total. The zero-order valence-corrected chi connectivity index (χ0v) is 43.8. The molecule has 0 aliphatic heterocycles. The Bertz CT molecular complexity index is 1860. The first-order valence-corrected chi connectivity index (χ1v) is 18.8. The average molecular weight is 1170 g/mol. The van der Waals surface area contributed by atoms with Gasteiger partial charge >= 0.3 is 11.6 Å². The van der Waals surface area contributed by atoms with Gasteiger partial charge in [-0.2, -0.15) is 0 Å². The van der Waals surface area contributed by atoms with Crippen molar-refractivity contribution in [3.8, 4) is 22.3 Å². The molecule has 0 aliphatic rings. The maximum Gasteiger partial charge on any atom is 0.327 e. The van der Waals surface area contributed by atoms with Crippen molar-refractivity contribution in [3.63, 3.8) is 0 Å². The average Bonchev–Trinajstić information content (AvgIpc) is 3.10. The summed E-state index contributed by atoms with van der Waals surface area (Å²) in [5.41, 5.74) is 14.0. The Morgan fingerprint density at radius 3 is 1.05 bits per heavy atom. The van der Waals surface area contributed by atoms with E-state index >= 15 is 0 Å². The van der Waals surface area contributed by atoms with Gasteiger partial charge in [-0.15, -0.1) is 0 Å². The van der Waals surface area contributed by atoms with Crippen LogP contribution in [0.15, 0.2) is 89.7 Å². The molecule has 0 saturated carbocycles. The van der Waals surface area contributed by atoms with E-state index in [1.54, 1.807) is 0 Å². The molecule has 0 unspecified atom stereocenters. The van der Waals surface area contributed by atoms with E-state index in [1.165, 1.54) is 61.4 Å². The van der Waals surface area contributed by atoms with Crippen LogP contribution < -0.4 is 77.1 Å². The minimum Gasteiger partial charge on any atom is -1.00 e. The van der Waals surface area contributed by atoms with Crippen LogP contribution >= 0.6 is 15.9 Å². The molecule has 3 aromatic carbocycles. The molecule has 0 radical (unpaired) electrons. The van der Waals surface area contributed by atoms with Crippen LogP contribution in [0.25, 0.3) is 22.3 Å². The molecule has 5 rings (SSSR count). The Hall–Kier alpha value is -1.31. The molecule has 56 heavy (non-hydrogen) atoms. The molecule has 0 amide bonds. The molecular weight excluding hydrogens is 1110 g/mol. The summed E-state index contributed by atoms with van der Waals surface area (Å²) in [5, 5.41) is 0. The molecule has 0 spiro atoms. The number of nitrogens with zero attached hydrogens (tertiary/aromatic N) is 4. The summed E-state index contributed by atoms with van der Waals surface area (Å²) < 4.78 is 5.60. The first kappa shape index (κ1) is 56.8. The largest absolute Gasteiger partial charge is 1.00 e. The normalized spacial score (nSPS) is 11.2. The second kappa shape index (κ2) is 25.3. The van der Waals surface area contributed by atoms with Crippen molar-refractivity contribution in [1.82, 2.24) is 19.1 Å². The molecule has 0 saturated heterocycles. The molecule has 11 heteroatoms. The molecule has 0 atom stereocenters. The predicted octanol–water partition coefficient (Wildman–Crippen LogP) is 1.24. The van der Waals surface area contributed by atoms with Crippen molar-refractivity contribution in [3.05, 3.63) is 117 Å². The Labute approximate surface area is 407 Å². The van der Waals surface area contributed by atoms with Crippen molar-refractivity contribution in [2.45, 2.75) is 99.8 Å². The van der Waals surface area contributed by atoms with E-state index < -0.39 is 0 Å². The Morgan fingerprint density at radius 2 is 0.821 bits per heavy atom. The predicted molar refractivity (Wildman–Crippen MR) is 221 cm³/mol. The number of halogens is 5. The van der Waals surface area contributed by atoms with Crippen LogP contribution in [0.5, 0.6) is 0 Å². The van der Waals surface area contributed by atoms with E-state index in [2.05, 4.69) is 174 Å². The Morgan fingerprint density at radius 1 is 0.518 bits per heavy atom. The maximum atomic E-state index is 4.74. The zero-order chi connectivity index (χ0) is 36.3. The summed E-state index contributed by atoms with van der Waals surface area (Å²) in [5.74, 6) is 3.11. The number of hydrogen-bond acceptors (Lipinski definition) is 2. The monoisotopic (exact) mass is 1160 g/mol. The van der Waals surface area contributed by atoms with Crippen molar-refractivity contribution in [2.24, 2.45) is 0 Å². The van der Waals surface area contributed by atoms with Crippen LogP contribution in [0.1, 0.15) is 121 Å². The van der Waals surface area contributed by atoms with E-state index in [0.29, 0.717) is 23.7 Å². The molecule has 4 nitrogen and oxygen atoms in total. The number of rotatable bonds is 10. The van der Waals surface area contributed by atoms with E-state index in [1.807, 2.05) is 24.5 Å². The molecule has 0 bridgehead atoms. The molecule has 0 aliphatic carbocycles. The molecule has 5 aromatic rings. The molecular formula is C45H53Br5N4Ni2-2. The smallest absolute Gasteiger partial charge is 0.327 e. The second-order valence-corrected chi connectivity index (χ2v) is 15.3.